The normalized spacial score (nSPS) is 15.3. The molecule has 0 radical (unpaired) electrons. The zero-order chi connectivity index (χ0) is 16.8. The van der Waals surface area contributed by atoms with E-state index >= 15 is 0 Å². The summed E-state index contributed by atoms with van der Waals surface area (Å²) in [4.78, 5) is 14.6. The largest absolute Gasteiger partial charge is 0.490 e. The van der Waals surface area contributed by atoms with Gasteiger partial charge < -0.3 is 9.64 Å². The highest BCUT2D eigenvalue weighted by molar-refractivity contribution is 7.80. The lowest BCUT2D eigenvalue weighted by Gasteiger charge is -2.33. The van der Waals surface area contributed by atoms with Gasteiger partial charge in [-0.05, 0) is 51.0 Å². The molecule has 4 nitrogen and oxygen atoms in total. The highest BCUT2D eigenvalue weighted by atomic mass is 32.1. The van der Waals surface area contributed by atoms with Gasteiger partial charge in [-0.25, -0.2) is 0 Å². The third-order valence-electron chi connectivity index (χ3n) is 4.16. The number of carbonyl (C=O) groups excluding carboxylic acids is 1. The van der Waals surface area contributed by atoms with Crippen LogP contribution >= 0.6 is 12.2 Å². The van der Waals surface area contributed by atoms with Crippen molar-refractivity contribution in [1.29, 1.82) is 0 Å². The molecule has 5 heteroatoms. The number of benzene rings is 1. The van der Waals surface area contributed by atoms with Gasteiger partial charge in [0.2, 0.25) is 0 Å². The predicted molar refractivity (Wildman–Crippen MR) is 96.9 cm³/mol. The zero-order valence-corrected chi connectivity index (χ0v) is 15.0. The number of nitrogens with one attached hydrogen (secondary N) is 1. The minimum Gasteiger partial charge on any atom is -0.490 e. The maximum Gasteiger partial charge on any atom is 0.261 e. The standard InChI is InChI=1S/C18H26N2O2S/c1-13(2)22-16-12-8-7-11-15(16)17(21)19-18(23)20(3)14-9-5-4-6-10-14/h7-8,11-14H,4-6,9-10H2,1-3H3,(H,19,21,23). The molecule has 0 atom stereocenters. The molecule has 0 bridgehead atoms. The zero-order valence-electron chi connectivity index (χ0n) is 14.2. The fourth-order valence-electron chi connectivity index (χ4n) is 2.90. The van der Waals surface area contributed by atoms with Crippen molar-refractivity contribution in [3.05, 3.63) is 29.8 Å². The Bertz CT molecular complexity index is 554. The van der Waals surface area contributed by atoms with Crippen LogP contribution in [0.15, 0.2) is 24.3 Å². The first-order valence-corrected chi connectivity index (χ1v) is 8.73. The second-order valence-corrected chi connectivity index (χ2v) is 6.71. The topological polar surface area (TPSA) is 41.6 Å². The number of rotatable bonds is 4. The molecule has 23 heavy (non-hydrogen) atoms. The van der Waals surface area contributed by atoms with Crippen LogP contribution < -0.4 is 10.1 Å². The number of hydrogen-bond donors (Lipinski definition) is 1. The highest BCUT2D eigenvalue weighted by Gasteiger charge is 2.22. The van der Waals surface area contributed by atoms with Gasteiger partial charge in [0, 0.05) is 13.1 Å². The second kappa shape index (κ2) is 8.29. The third-order valence-corrected chi connectivity index (χ3v) is 4.55. The van der Waals surface area contributed by atoms with E-state index in [1.165, 1.54) is 19.3 Å². The van der Waals surface area contributed by atoms with Crippen LogP contribution in [0.1, 0.15) is 56.3 Å². The number of carbonyl (C=O) groups is 1. The van der Waals surface area contributed by atoms with E-state index in [2.05, 4.69) is 5.32 Å². The minimum atomic E-state index is -0.214. The van der Waals surface area contributed by atoms with Gasteiger partial charge in [-0.2, -0.15) is 0 Å². The van der Waals surface area contributed by atoms with E-state index in [0.717, 1.165) is 12.8 Å². The lowest BCUT2D eigenvalue weighted by molar-refractivity contribution is 0.0966. The Morgan fingerprint density at radius 2 is 1.91 bits per heavy atom. The van der Waals surface area contributed by atoms with Gasteiger partial charge in [-0.15, -0.1) is 0 Å². The maximum atomic E-state index is 12.5. The first kappa shape index (κ1) is 17.7. The maximum absolute atomic E-state index is 12.5. The van der Waals surface area contributed by atoms with E-state index in [1.54, 1.807) is 6.07 Å². The molecular formula is C18H26N2O2S. The number of para-hydroxylation sites is 1. The van der Waals surface area contributed by atoms with Crippen molar-refractivity contribution in [1.82, 2.24) is 10.2 Å². The number of nitrogens with zero attached hydrogens (tertiary/aromatic N) is 1. The van der Waals surface area contributed by atoms with Gasteiger partial charge in [-0.3, -0.25) is 10.1 Å². The summed E-state index contributed by atoms with van der Waals surface area (Å²) in [5.41, 5.74) is 0.514. The van der Waals surface area contributed by atoms with Crippen molar-refractivity contribution in [3.63, 3.8) is 0 Å². The lowest BCUT2D eigenvalue weighted by atomic mass is 9.95. The Balaban J connectivity index is 2.02. The van der Waals surface area contributed by atoms with Crippen molar-refractivity contribution in [2.24, 2.45) is 0 Å². The second-order valence-electron chi connectivity index (χ2n) is 6.32. The Morgan fingerprint density at radius 1 is 1.26 bits per heavy atom. The molecule has 1 fully saturated rings. The Morgan fingerprint density at radius 3 is 2.57 bits per heavy atom. The Kier molecular flexibility index (Phi) is 6.39. The summed E-state index contributed by atoms with van der Waals surface area (Å²) in [6.45, 7) is 3.88. The number of hydrogen-bond acceptors (Lipinski definition) is 3. The molecule has 1 aliphatic carbocycles. The van der Waals surface area contributed by atoms with Crippen LogP contribution in [-0.4, -0.2) is 35.1 Å². The molecule has 1 saturated carbocycles. The van der Waals surface area contributed by atoms with Crippen LogP contribution in [0.5, 0.6) is 5.75 Å². The van der Waals surface area contributed by atoms with E-state index in [1.807, 2.05) is 44.0 Å². The van der Waals surface area contributed by atoms with Crippen LogP contribution in [0, 0.1) is 0 Å². The van der Waals surface area contributed by atoms with Gasteiger partial charge in [0.05, 0.1) is 11.7 Å². The molecule has 0 aliphatic heterocycles. The van der Waals surface area contributed by atoms with E-state index in [0.29, 0.717) is 22.5 Å². The van der Waals surface area contributed by atoms with Gasteiger partial charge >= 0.3 is 0 Å². The Labute approximate surface area is 144 Å². The SMILES string of the molecule is CC(C)Oc1ccccc1C(=O)NC(=S)N(C)C1CCCCC1. The summed E-state index contributed by atoms with van der Waals surface area (Å²) >= 11 is 5.42. The molecule has 0 spiro atoms. The molecule has 1 aromatic carbocycles. The molecule has 1 N–H and O–H groups in total. The predicted octanol–water partition coefficient (Wildman–Crippen LogP) is 3.75. The lowest BCUT2D eigenvalue weighted by Crippen LogP contribution is -2.46. The van der Waals surface area contributed by atoms with Crippen molar-refractivity contribution in [2.45, 2.75) is 58.1 Å². The molecule has 1 aromatic rings. The summed E-state index contributed by atoms with van der Waals surface area (Å²) in [6, 6.07) is 7.69. The van der Waals surface area contributed by atoms with Crippen LogP contribution in [-0.2, 0) is 0 Å². The van der Waals surface area contributed by atoms with E-state index < -0.39 is 0 Å². The van der Waals surface area contributed by atoms with Crippen LogP contribution in [0.2, 0.25) is 0 Å². The minimum absolute atomic E-state index is 0.0146. The molecule has 0 saturated heterocycles. The molecule has 2 rings (SSSR count). The molecule has 1 aliphatic rings. The van der Waals surface area contributed by atoms with Crippen molar-refractivity contribution >= 4 is 23.2 Å². The highest BCUT2D eigenvalue weighted by Crippen LogP contribution is 2.22. The van der Waals surface area contributed by atoms with Crippen LogP contribution in [0.25, 0.3) is 0 Å². The van der Waals surface area contributed by atoms with Crippen molar-refractivity contribution < 1.29 is 9.53 Å². The molecular weight excluding hydrogens is 308 g/mol. The average Bonchev–Trinajstić information content (AvgIpc) is 2.54. The van der Waals surface area contributed by atoms with Gasteiger partial charge in [-0.1, -0.05) is 31.4 Å². The first-order chi connectivity index (χ1) is 11.0. The average molecular weight is 334 g/mol. The Hall–Kier alpha value is -1.62. The van der Waals surface area contributed by atoms with Crippen molar-refractivity contribution in [3.8, 4) is 5.75 Å². The fraction of sp³-hybridized carbons (Fsp3) is 0.556. The molecule has 0 unspecified atom stereocenters. The monoisotopic (exact) mass is 334 g/mol. The smallest absolute Gasteiger partial charge is 0.261 e. The van der Waals surface area contributed by atoms with E-state index in [4.69, 9.17) is 17.0 Å². The molecule has 126 valence electrons. The van der Waals surface area contributed by atoms with E-state index in [9.17, 15) is 4.79 Å². The first-order valence-electron chi connectivity index (χ1n) is 8.33. The third kappa shape index (κ3) is 4.93. The molecule has 1 amide bonds. The van der Waals surface area contributed by atoms with Crippen LogP contribution in [0.4, 0.5) is 0 Å². The number of thiocarbonyl (C=S) groups is 1. The fourth-order valence-corrected chi connectivity index (χ4v) is 3.14. The van der Waals surface area contributed by atoms with Gasteiger partial charge in [0.25, 0.3) is 5.91 Å². The number of amides is 1. The van der Waals surface area contributed by atoms with E-state index in [-0.39, 0.29) is 12.0 Å². The molecule has 0 heterocycles. The van der Waals surface area contributed by atoms with Crippen molar-refractivity contribution in [2.75, 3.05) is 7.05 Å². The summed E-state index contributed by atoms with van der Waals surface area (Å²) in [5, 5.41) is 3.33. The molecule has 0 aromatic heterocycles. The summed E-state index contributed by atoms with van der Waals surface area (Å²) in [5.74, 6) is 0.372. The summed E-state index contributed by atoms with van der Waals surface area (Å²) in [7, 11) is 1.97. The summed E-state index contributed by atoms with van der Waals surface area (Å²) < 4.78 is 5.71. The summed E-state index contributed by atoms with van der Waals surface area (Å²) in [6.07, 6.45) is 6.05. The van der Waals surface area contributed by atoms with Crippen LogP contribution in [0.3, 0.4) is 0 Å². The van der Waals surface area contributed by atoms with Gasteiger partial charge in [0.1, 0.15) is 5.75 Å². The number of ether oxygens (including phenoxy) is 1. The quantitative estimate of drug-likeness (QED) is 0.852. The van der Waals surface area contributed by atoms with Gasteiger partial charge in [0.15, 0.2) is 5.11 Å².